The van der Waals surface area contributed by atoms with E-state index in [9.17, 15) is 0 Å². The van der Waals surface area contributed by atoms with Gasteiger partial charge in [-0.3, -0.25) is 0 Å². The summed E-state index contributed by atoms with van der Waals surface area (Å²) in [5.74, 6) is 0. The Kier molecular flexibility index (Phi) is 2.03. The molecule has 0 amide bonds. The van der Waals surface area contributed by atoms with E-state index in [1.807, 2.05) is 6.08 Å². The summed E-state index contributed by atoms with van der Waals surface area (Å²) in [7, 11) is 0. The van der Waals surface area contributed by atoms with Gasteiger partial charge in [0.1, 0.15) is 0 Å². The first-order valence-electron chi connectivity index (χ1n) is 3.15. The van der Waals surface area contributed by atoms with Crippen LogP contribution in [0.25, 0.3) is 0 Å². The van der Waals surface area contributed by atoms with Gasteiger partial charge in [0, 0.05) is 0 Å². The highest BCUT2D eigenvalue weighted by Crippen LogP contribution is 2.13. The quantitative estimate of drug-likeness (QED) is 0.527. The maximum atomic E-state index is 5.38. The summed E-state index contributed by atoms with van der Waals surface area (Å²) in [4.78, 5) is 0. The van der Waals surface area contributed by atoms with Gasteiger partial charge in [0.15, 0.2) is 0 Å². The largest absolute Gasteiger partial charge is 0.316 e. The summed E-state index contributed by atoms with van der Waals surface area (Å²) in [6.45, 7) is 0. The predicted molar refractivity (Wildman–Crippen MR) is 38.6 cm³/mol. The first-order chi connectivity index (χ1) is 4.29. The molecule has 0 heterocycles. The Bertz CT molecular complexity index is 145. The molecule has 0 spiro atoms. The minimum absolute atomic E-state index is 0.184. The third-order valence-electron chi connectivity index (χ3n) is 1.35. The molecule has 1 rings (SSSR count). The van der Waals surface area contributed by atoms with Crippen molar-refractivity contribution in [1.82, 2.24) is 0 Å². The van der Waals surface area contributed by atoms with Crippen molar-refractivity contribution in [3.8, 4) is 0 Å². The Morgan fingerprint density at radius 1 is 1.56 bits per heavy atom. The van der Waals surface area contributed by atoms with Gasteiger partial charge < -0.3 is 11.5 Å². The van der Waals surface area contributed by atoms with E-state index in [2.05, 4.69) is 12.2 Å². The Morgan fingerprint density at radius 2 is 2.33 bits per heavy atom. The number of hydrogen-bond donors (Lipinski definition) is 2. The van der Waals surface area contributed by atoms with Gasteiger partial charge in [0.05, 0.1) is 6.17 Å². The molecule has 0 atom stereocenters. The van der Waals surface area contributed by atoms with Crippen LogP contribution in [0.5, 0.6) is 0 Å². The van der Waals surface area contributed by atoms with E-state index >= 15 is 0 Å². The lowest BCUT2D eigenvalue weighted by Crippen LogP contribution is -2.30. The van der Waals surface area contributed by atoms with Gasteiger partial charge >= 0.3 is 0 Å². The molecule has 1 aliphatic rings. The summed E-state index contributed by atoms with van der Waals surface area (Å²) in [6.07, 6.45) is 7.90. The number of nitrogens with two attached hydrogens (primary N) is 2. The second-order valence-corrected chi connectivity index (χ2v) is 2.33. The normalized spacial score (nSPS) is 17.0. The highest BCUT2D eigenvalue weighted by molar-refractivity contribution is 5.23. The van der Waals surface area contributed by atoms with Crippen LogP contribution in [0.1, 0.15) is 12.8 Å². The van der Waals surface area contributed by atoms with Gasteiger partial charge in [-0.1, -0.05) is 23.8 Å². The minimum atomic E-state index is -0.184. The summed E-state index contributed by atoms with van der Waals surface area (Å²) in [5, 5.41) is 0. The van der Waals surface area contributed by atoms with Crippen LogP contribution in [0.15, 0.2) is 23.8 Å². The van der Waals surface area contributed by atoms with Crippen LogP contribution >= 0.6 is 0 Å². The number of allylic oxidation sites excluding steroid dienone is 3. The van der Waals surface area contributed by atoms with Crippen LogP contribution in [0.4, 0.5) is 0 Å². The topological polar surface area (TPSA) is 52.0 Å². The molecule has 0 fully saturated rings. The predicted octanol–water partition coefficient (Wildman–Crippen LogP) is 0.506. The zero-order valence-corrected chi connectivity index (χ0v) is 5.38. The van der Waals surface area contributed by atoms with Crippen molar-refractivity contribution in [2.75, 3.05) is 0 Å². The Morgan fingerprint density at radius 3 is 2.78 bits per heavy atom. The van der Waals surface area contributed by atoms with Crippen molar-refractivity contribution in [2.45, 2.75) is 19.0 Å². The average molecular weight is 124 g/mol. The van der Waals surface area contributed by atoms with E-state index in [0.717, 1.165) is 12.8 Å². The summed E-state index contributed by atoms with van der Waals surface area (Å²) < 4.78 is 0. The maximum Gasteiger partial charge on any atom is 0.0559 e. The van der Waals surface area contributed by atoms with Crippen molar-refractivity contribution in [1.29, 1.82) is 0 Å². The molecule has 0 radical (unpaired) electrons. The van der Waals surface area contributed by atoms with Crippen molar-refractivity contribution >= 4 is 0 Å². The zero-order valence-electron chi connectivity index (χ0n) is 5.38. The minimum Gasteiger partial charge on any atom is -0.316 e. The van der Waals surface area contributed by atoms with Crippen molar-refractivity contribution in [3.05, 3.63) is 23.8 Å². The highest BCUT2D eigenvalue weighted by atomic mass is 14.8. The molecule has 0 saturated carbocycles. The molecule has 2 nitrogen and oxygen atoms in total. The summed E-state index contributed by atoms with van der Waals surface area (Å²) >= 11 is 0. The highest BCUT2D eigenvalue weighted by Gasteiger charge is 2.01. The molecule has 9 heavy (non-hydrogen) atoms. The van der Waals surface area contributed by atoms with Crippen LogP contribution in [0.2, 0.25) is 0 Å². The van der Waals surface area contributed by atoms with Gasteiger partial charge in [-0.25, -0.2) is 0 Å². The monoisotopic (exact) mass is 124 g/mol. The molecule has 0 aliphatic heterocycles. The molecule has 0 saturated heterocycles. The lowest BCUT2D eigenvalue weighted by atomic mass is 10.1. The Hall–Kier alpha value is -0.600. The molecule has 1 aliphatic carbocycles. The van der Waals surface area contributed by atoms with Gasteiger partial charge in [0.2, 0.25) is 0 Å². The zero-order chi connectivity index (χ0) is 6.69. The Labute approximate surface area is 55.2 Å². The lowest BCUT2D eigenvalue weighted by molar-refractivity contribution is 0.692. The maximum absolute atomic E-state index is 5.38. The molecule has 0 bridgehead atoms. The Balaban J connectivity index is 2.30. The molecule has 50 valence electrons. The van der Waals surface area contributed by atoms with Crippen molar-refractivity contribution in [2.24, 2.45) is 11.5 Å². The fraction of sp³-hybridized carbons (Fsp3) is 0.429. The smallest absolute Gasteiger partial charge is 0.0559 e. The van der Waals surface area contributed by atoms with Crippen LogP contribution in [-0.4, -0.2) is 6.17 Å². The molecule has 0 aromatic heterocycles. The average Bonchev–Trinajstić information content (AvgIpc) is 2.15. The molecular weight excluding hydrogens is 112 g/mol. The molecule has 2 heteroatoms. The van der Waals surface area contributed by atoms with E-state index in [1.165, 1.54) is 5.57 Å². The van der Waals surface area contributed by atoms with Crippen LogP contribution < -0.4 is 11.5 Å². The van der Waals surface area contributed by atoms with Gasteiger partial charge in [-0.05, 0) is 12.8 Å². The molecule has 4 N–H and O–H groups in total. The number of hydrogen-bond acceptors (Lipinski definition) is 2. The van der Waals surface area contributed by atoms with E-state index in [4.69, 9.17) is 11.5 Å². The molecule has 0 unspecified atom stereocenters. The van der Waals surface area contributed by atoms with Crippen LogP contribution in [0.3, 0.4) is 0 Å². The van der Waals surface area contributed by atoms with E-state index in [-0.39, 0.29) is 6.17 Å². The lowest BCUT2D eigenvalue weighted by Gasteiger charge is -2.03. The fourth-order valence-electron chi connectivity index (χ4n) is 0.946. The molecular formula is C7H12N2. The first-order valence-corrected chi connectivity index (χ1v) is 3.15. The van der Waals surface area contributed by atoms with Crippen molar-refractivity contribution in [3.63, 3.8) is 0 Å². The van der Waals surface area contributed by atoms with E-state index in [0.29, 0.717) is 0 Å². The van der Waals surface area contributed by atoms with Crippen LogP contribution in [0, 0.1) is 0 Å². The van der Waals surface area contributed by atoms with E-state index < -0.39 is 0 Å². The molecule has 0 aromatic carbocycles. The summed E-state index contributed by atoms with van der Waals surface area (Å²) in [6, 6.07) is 0. The standard InChI is InChI=1S/C7H12N2/c8-7(9)5-6-3-1-2-4-6/h1-3,7H,4-5,8-9H2. The SMILES string of the molecule is NC(N)CC1=CC=CC1. The van der Waals surface area contributed by atoms with Gasteiger partial charge in [-0.15, -0.1) is 0 Å². The van der Waals surface area contributed by atoms with Gasteiger partial charge in [0.25, 0.3) is 0 Å². The van der Waals surface area contributed by atoms with Crippen molar-refractivity contribution < 1.29 is 0 Å². The summed E-state index contributed by atoms with van der Waals surface area (Å²) in [5.41, 5.74) is 12.1. The second kappa shape index (κ2) is 2.80. The molecule has 0 aromatic rings. The second-order valence-electron chi connectivity index (χ2n) is 2.33. The first kappa shape index (κ1) is 6.52. The van der Waals surface area contributed by atoms with Gasteiger partial charge in [-0.2, -0.15) is 0 Å². The number of rotatable bonds is 2. The third-order valence-corrected chi connectivity index (χ3v) is 1.35. The van der Waals surface area contributed by atoms with Crippen LogP contribution in [-0.2, 0) is 0 Å². The fourth-order valence-corrected chi connectivity index (χ4v) is 0.946. The third kappa shape index (κ3) is 2.00. The van der Waals surface area contributed by atoms with E-state index in [1.54, 1.807) is 0 Å².